The summed E-state index contributed by atoms with van der Waals surface area (Å²) < 4.78 is 15.0. The monoisotopic (exact) mass is 520 g/mol. The molecule has 0 heterocycles. The van der Waals surface area contributed by atoms with Gasteiger partial charge in [-0.25, -0.2) is 0 Å². The molecule has 0 aromatic heterocycles. The van der Waals surface area contributed by atoms with E-state index in [9.17, 15) is 33.9 Å². The Labute approximate surface area is 214 Å². The Hall–Kier alpha value is -4.06. The van der Waals surface area contributed by atoms with Crippen molar-refractivity contribution in [1.29, 1.82) is 0 Å². The summed E-state index contributed by atoms with van der Waals surface area (Å²) in [7, 11) is 0. The van der Waals surface area contributed by atoms with Crippen LogP contribution in [0.1, 0.15) is 44.0 Å². The van der Waals surface area contributed by atoms with E-state index in [0.29, 0.717) is 11.3 Å². The topological polar surface area (TPSA) is 174 Å². The molecule has 0 atom stereocenters. The lowest BCUT2D eigenvalue weighted by atomic mass is 9.97. The standard InChI is InChI=1S/C25H32N2O10/c1-16(2)19(28)15-37-23(32)14-21(30)27-10-9-26-20(29)13-22(31)36-12-11-35-18-7-5-17(6-8-18)24(33)25(3,4)34/h5-8,34H,1,9-15H2,2-4H3,(H,26,29)(H,27,30). The largest absolute Gasteiger partial charge is 0.490 e. The van der Waals surface area contributed by atoms with E-state index in [4.69, 9.17) is 9.47 Å². The summed E-state index contributed by atoms with van der Waals surface area (Å²) in [6.45, 7) is 7.11. The van der Waals surface area contributed by atoms with Gasteiger partial charge in [0.15, 0.2) is 18.2 Å². The van der Waals surface area contributed by atoms with E-state index in [-0.39, 0.29) is 31.9 Å². The summed E-state index contributed by atoms with van der Waals surface area (Å²) in [6, 6.07) is 6.10. The number of amides is 2. The Balaban J connectivity index is 2.17. The number of ether oxygens (including phenoxy) is 3. The second-order valence-corrected chi connectivity index (χ2v) is 8.40. The molecule has 0 radical (unpaired) electrons. The van der Waals surface area contributed by atoms with Crippen molar-refractivity contribution in [3.63, 3.8) is 0 Å². The number of hydrogen-bond acceptors (Lipinski definition) is 10. The third-order valence-corrected chi connectivity index (χ3v) is 4.51. The van der Waals surface area contributed by atoms with Crippen LogP contribution in [0.2, 0.25) is 0 Å². The molecular weight excluding hydrogens is 488 g/mol. The highest BCUT2D eigenvalue weighted by Crippen LogP contribution is 2.17. The van der Waals surface area contributed by atoms with Crippen molar-refractivity contribution in [2.24, 2.45) is 0 Å². The van der Waals surface area contributed by atoms with Crippen molar-refractivity contribution in [2.45, 2.75) is 39.2 Å². The SMILES string of the molecule is C=C(C)C(=O)COC(=O)CC(=O)NCCNC(=O)CC(=O)OCCOc1ccc(C(=O)C(C)(C)O)cc1. The van der Waals surface area contributed by atoms with Crippen molar-refractivity contribution < 1.29 is 48.1 Å². The number of rotatable bonds is 16. The fourth-order valence-corrected chi connectivity index (χ4v) is 2.53. The Morgan fingerprint density at radius 2 is 1.38 bits per heavy atom. The number of nitrogens with one attached hydrogen (secondary N) is 2. The first kappa shape index (κ1) is 31.0. The second kappa shape index (κ2) is 15.1. The number of hydrogen-bond donors (Lipinski definition) is 3. The molecule has 0 bridgehead atoms. The maximum absolute atomic E-state index is 12.0. The van der Waals surface area contributed by atoms with Gasteiger partial charge in [0.2, 0.25) is 11.8 Å². The zero-order valence-electron chi connectivity index (χ0n) is 21.1. The van der Waals surface area contributed by atoms with E-state index in [2.05, 4.69) is 21.9 Å². The molecule has 1 aromatic rings. The van der Waals surface area contributed by atoms with Crippen LogP contribution in [-0.2, 0) is 33.4 Å². The predicted molar refractivity (Wildman–Crippen MR) is 130 cm³/mol. The molecule has 0 aliphatic rings. The molecule has 1 aromatic carbocycles. The quantitative estimate of drug-likeness (QED) is 0.0902. The number of benzene rings is 1. The van der Waals surface area contributed by atoms with Crippen LogP contribution in [0.3, 0.4) is 0 Å². The highest BCUT2D eigenvalue weighted by Gasteiger charge is 2.25. The number of carbonyl (C=O) groups is 6. The van der Waals surface area contributed by atoms with Gasteiger partial charge >= 0.3 is 11.9 Å². The molecule has 0 aliphatic heterocycles. The van der Waals surface area contributed by atoms with Gasteiger partial charge in [0.05, 0.1) is 0 Å². The molecule has 202 valence electrons. The van der Waals surface area contributed by atoms with E-state index in [1.54, 1.807) is 12.1 Å². The molecule has 12 nitrogen and oxygen atoms in total. The van der Waals surface area contributed by atoms with Crippen LogP contribution in [-0.4, -0.2) is 78.9 Å². The van der Waals surface area contributed by atoms with Crippen molar-refractivity contribution in [1.82, 2.24) is 10.6 Å². The van der Waals surface area contributed by atoms with Gasteiger partial charge in [0, 0.05) is 18.7 Å². The lowest BCUT2D eigenvalue weighted by Crippen LogP contribution is -2.36. The first-order valence-corrected chi connectivity index (χ1v) is 11.3. The molecule has 12 heteroatoms. The maximum atomic E-state index is 12.0. The highest BCUT2D eigenvalue weighted by molar-refractivity contribution is 6.01. The minimum Gasteiger partial charge on any atom is -0.490 e. The van der Waals surface area contributed by atoms with E-state index in [0.717, 1.165) is 0 Å². The molecule has 1 rings (SSSR count). The molecule has 0 saturated carbocycles. The van der Waals surface area contributed by atoms with Crippen LogP contribution >= 0.6 is 0 Å². The normalized spacial score (nSPS) is 10.6. The maximum Gasteiger partial charge on any atom is 0.315 e. The molecule has 0 aliphatic carbocycles. The van der Waals surface area contributed by atoms with Gasteiger partial charge in [-0.1, -0.05) is 6.58 Å². The first-order chi connectivity index (χ1) is 17.3. The van der Waals surface area contributed by atoms with Crippen LogP contribution in [0.15, 0.2) is 36.4 Å². The van der Waals surface area contributed by atoms with E-state index in [1.807, 2.05) is 0 Å². The first-order valence-electron chi connectivity index (χ1n) is 11.3. The third kappa shape index (κ3) is 13.0. The second-order valence-electron chi connectivity index (χ2n) is 8.40. The molecule has 2 amide bonds. The van der Waals surface area contributed by atoms with Gasteiger partial charge < -0.3 is 30.0 Å². The number of aliphatic hydroxyl groups is 1. The Bertz CT molecular complexity index is 1010. The summed E-state index contributed by atoms with van der Waals surface area (Å²) in [5.74, 6) is -3.37. The predicted octanol–water partition coefficient (Wildman–Crippen LogP) is 0.263. The number of ketones is 2. The van der Waals surface area contributed by atoms with Crippen molar-refractivity contribution in [2.75, 3.05) is 32.9 Å². The van der Waals surface area contributed by atoms with Crippen LogP contribution in [0.5, 0.6) is 5.75 Å². The average molecular weight is 521 g/mol. The van der Waals surface area contributed by atoms with Crippen molar-refractivity contribution in [3.05, 3.63) is 42.0 Å². The molecule has 0 unspecified atom stereocenters. The number of Topliss-reactive ketones (excluding diaryl/α,β-unsaturated/α-hetero) is 2. The fraction of sp³-hybridized carbons (Fsp3) is 0.440. The molecule has 3 N–H and O–H groups in total. The minimum atomic E-state index is -1.49. The van der Waals surface area contributed by atoms with Gasteiger partial charge in [-0.15, -0.1) is 0 Å². The van der Waals surface area contributed by atoms with Gasteiger partial charge in [-0.3, -0.25) is 28.8 Å². The van der Waals surface area contributed by atoms with E-state index in [1.165, 1.54) is 32.9 Å². The Kier molecular flexibility index (Phi) is 12.7. The van der Waals surface area contributed by atoms with Crippen LogP contribution in [0, 0.1) is 0 Å². The fourth-order valence-electron chi connectivity index (χ4n) is 2.53. The summed E-state index contributed by atoms with van der Waals surface area (Å²) in [5, 5.41) is 14.6. The Morgan fingerprint density at radius 3 is 1.86 bits per heavy atom. The summed E-state index contributed by atoms with van der Waals surface area (Å²) in [4.78, 5) is 69.9. The zero-order chi connectivity index (χ0) is 28.0. The van der Waals surface area contributed by atoms with E-state index < -0.39 is 60.4 Å². The molecular formula is C25H32N2O10. The van der Waals surface area contributed by atoms with Crippen molar-refractivity contribution >= 4 is 35.3 Å². The summed E-state index contributed by atoms with van der Waals surface area (Å²) >= 11 is 0. The summed E-state index contributed by atoms with van der Waals surface area (Å²) in [5.41, 5.74) is -0.928. The average Bonchev–Trinajstić information content (AvgIpc) is 2.82. The highest BCUT2D eigenvalue weighted by atomic mass is 16.6. The molecule has 0 fully saturated rings. The molecule has 37 heavy (non-hydrogen) atoms. The third-order valence-electron chi connectivity index (χ3n) is 4.51. The number of carbonyl (C=O) groups excluding carboxylic acids is 6. The van der Waals surface area contributed by atoms with Gasteiger partial charge in [0.1, 0.15) is 37.4 Å². The molecule has 0 spiro atoms. The number of esters is 2. The van der Waals surface area contributed by atoms with Gasteiger partial charge in [-0.05, 0) is 50.6 Å². The van der Waals surface area contributed by atoms with Crippen LogP contribution in [0.4, 0.5) is 0 Å². The smallest absolute Gasteiger partial charge is 0.315 e. The van der Waals surface area contributed by atoms with Crippen molar-refractivity contribution in [3.8, 4) is 5.75 Å². The van der Waals surface area contributed by atoms with E-state index >= 15 is 0 Å². The Morgan fingerprint density at radius 1 is 0.865 bits per heavy atom. The zero-order valence-corrected chi connectivity index (χ0v) is 21.1. The van der Waals surface area contributed by atoms with Crippen LogP contribution in [0.25, 0.3) is 0 Å². The van der Waals surface area contributed by atoms with Gasteiger partial charge in [-0.2, -0.15) is 0 Å². The minimum absolute atomic E-state index is 0.00558. The lowest BCUT2D eigenvalue weighted by Gasteiger charge is -2.15. The summed E-state index contributed by atoms with van der Waals surface area (Å²) in [6.07, 6.45) is -1.13. The lowest BCUT2D eigenvalue weighted by molar-refractivity contribution is -0.149. The van der Waals surface area contributed by atoms with Gasteiger partial charge in [0.25, 0.3) is 0 Å². The molecule has 0 saturated heterocycles. The van der Waals surface area contributed by atoms with Crippen LogP contribution < -0.4 is 15.4 Å².